The van der Waals surface area contributed by atoms with Gasteiger partial charge in [0.05, 0.1) is 29.3 Å². The van der Waals surface area contributed by atoms with Crippen molar-refractivity contribution < 1.29 is 14.7 Å². The highest BCUT2D eigenvalue weighted by molar-refractivity contribution is 5.94. The first-order valence-corrected chi connectivity index (χ1v) is 8.29. The maximum atomic E-state index is 11.9. The molecule has 1 heterocycles. The standard InChI is InChI=1S/C19H19N5O3/c1-11-14(9-20)17(12-4-3-5-13(8-12)18(25)22-2)15(10-21)16(24-11)6-7-23-19(26)27/h3-5,8,14,17,23H,6-7H2,1-2H3,(H,22,25)(H,26,27). The Morgan fingerprint density at radius 1 is 1.33 bits per heavy atom. The molecule has 8 heteroatoms. The van der Waals surface area contributed by atoms with Crippen molar-refractivity contribution >= 4 is 17.7 Å². The van der Waals surface area contributed by atoms with Gasteiger partial charge < -0.3 is 15.7 Å². The number of amides is 2. The van der Waals surface area contributed by atoms with Crippen molar-refractivity contribution in [2.45, 2.75) is 19.3 Å². The molecule has 0 aliphatic carbocycles. The minimum Gasteiger partial charge on any atom is -0.465 e. The van der Waals surface area contributed by atoms with Crippen molar-refractivity contribution in [3.05, 3.63) is 46.7 Å². The lowest BCUT2D eigenvalue weighted by Gasteiger charge is -2.28. The van der Waals surface area contributed by atoms with Crippen LogP contribution in [0.15, 0.2) is 40.5 Å². The number of rotatable bonds is 5. The number of carboxylic acid groups (broad SMARTS) is 1. The molecule has 8 nitrogen and oxygen atoms in total. The lowest BCUT2D eigenvalue weighted by molar-refractivity contribution is 0.0963. The average molecular weight is 365 g/mol. The van der Waals surface area contributed by atoms with E-state index in [9.17, 15) is 20.1 Å². The molecular formula is C19H19N5O3. The van der Waals surface area contributed by atoms with Gasteiger partial charge in [-0.2, -0.15) is 10.5 Å². The fraction of sp³-hybridized carbons (Fsp3) is 0.316. The van der Waals surface area contributed by atoms with Crippen LogP contribution < -0.4 is 10.6 Å². The lowest BCUT2D eigenvalue weighted by Crippen LogP contribution is -2.27. The van der Waals surface area contributed by atoms with Gasteiger partial charge in [-0.3, -0.25) is 9.79 Å². The van der Waals surface area contributed by atoms with E-state index in [0.717, 1.165) is 0 Å². The Balaban J connectivity index is 2.50. The summed E-state index contributed by atoms with van der Waals surface area (Å²) in [6.45, 7) is 1.82. The monoisotopic (exact) mass is 365 g/mol. The van der Waals surface area contributed by atoms with E-state index in [1.165, 1.54) is 7.05 Å². The molecule has 1 aromatic rings. The molecule has 3 N–H and O–H groups in total. The zero-order valence-electron chi connectivity index (χ0n) is 15.0. The van der Waals surface area contributed by atoms with Crippen LogP contribution in [-0.2, 0) is 0 Å². The second kappa shape index (κ2) is 8.63. The molecule has 0 fully saturated rings. The van der Waals surface area contributed by atoms with E-state index in [1.54, 1.807) is 31.2 Å². The predicted molar refractivity (Wildman–Crippen MR) is 98.1 cm³/mol. The van der Waals surface area contributed by atoms with Crippen LogP contribution in [0.4, 0.5) is 4.79 Å². The number of aliphatic imine (C=N–C) groups is 1. The molecule has 2 amide bonds. The van der Waals surface area contributed by atoms with Gasteiger partial charge in [-0.05, 0) is 24.6 Å². The van der Waals surface area contributed by atoms with Crippen molar-refractivity contribution in [2.75, 3.05) is 13.6 Å². The molecule has 2 atom stereocenters. The minimum atomic E-state index is -1.16. The number of nitrogens with one attached hydrogen (secondary N) is 2. The van der Waals surface area contributed by atoms with E-state index in [4.69, 9.17) is 5.11 Å². The van der Waals surface area contributed by atoms with E-state index in [0.29, 0.717) is 28.1 Å². The molecule has 138 valence electrons. The SMILES string of the molecule is CNC(=O)c1cccc(C2C(C#N)=C(CCNC(=O)O)N=C(C)C2C#N)c1. The summed E-state index contributed by atoms with van der Waals surface area (Å²) in [5.74, 6) is -1.47. The molecular weight excluding hydrogens is 346 g/mol. The number of nitrogens with zero attached hydrogens (tertiary/aromatic N) is 3. The maximum absolute atomic E-state index is 11.9. The Morgan fingerprint density at radius 3 is 2.67 bits per heavy atom. The zero-order valence-corrected chi connectivity index (χ0v) is 15.0. The Kier molecular flexibility index (Phi) is 6.29. The Bertz CT molecular complexity index is 905. The van der Waals surface area contributed by atoms with Crippen LogP contribution in [-0.4, -0.2) is 36.4 Å². The van der Waals surface area contributed by atoms with Gasteiger partial charge in [0, 0.05) is 37.2 Å². The highest BCUT2D eigenvalue weighted by Gasteiger charge is 2.35. The van der Waals surface area contributed by atoms with Crippen LogP contribution in [0, 0.1) is 28.6 Å². The van der Waals surface area contributed by atoms with Crippen molar-refractivity contribution in [3.8, 4) is 12.1 Å². The Morgan fingerprint density at radius 2 is 2.07 bits per heavy atom. The average Bonchev–Trinajstić information content (AvgIpc) is 2.66. The molecule has 0 saturated heterocycles. The van der Waals surface area contributed by atoms with Crippen LogP contribution in [0.1, 0.15) is 35.2 Å². The summed E-state index contributed by atoms with van der Waals surface area (Å²) >= 11 is 0. The lowest BCUT2D eigenvalue weighted by atomic mass is 9.76. The van der Waals surface area contributed by atoms with Crippen molar-refractivity contribution in [1.29, 1.82) is 10.5 Å². The smallest absolute Gasteiger partial charge is 0.404 e. The van der Waals surface area contributed by atoms with Gasteiger partial charge in [-0.1, -0.05) is 12.1 Å². The molecule has 2 unspecified atom stereocenters. The number of hydrogen-bond donors (Lipinski definition) is 3. The topological polar surface area (TPSA) is 138 Å². The first-order chi connectivity index (χ1) is 12.9. The molecule has 0 saturated carbocycles. The fourth-order valence-corrected chi connectivity index (χ4v) is 3.09. The normalized spacial score (nSPS) is 18.7. The molecule has 1 aromatic carbocycles. The predicted octanol–water partition coefficient (Wildman–Crippen LogP) is 2.18. The Labute approximate surface area is 156 Å². The van der Waals surface area contributed by atoms with Crippen LogP contribution in [0.5, 0.6) is 0 Å². The highest BCUT2D eigenvalue weighted by atomic mass is 16.4. The van der Waals surface area contributed by atoms with Crippen molar-refractivity contribution in [2.24, 2.45) is 10.9 Å². The molecule has 0 aromatic heterocycles. The molecule has 2 rings (SSSR count). The van der Waals surface area contributed by atoms with Gasteiger partial charge in [0.25, 0.3) is 5.91 Å². The number of carbonyl (C=O) groups is 2. The van der Waals surface area contributed by atoms with E-state index in [-0.39, 0.29) is 18.9 Å². The van der Waals surface area contributed by atoms with Crippen LogP contribution in [0.3, 0.4) is 0 Å². The maximum Gasteiger partial charge on any atom is 0.404 e. The van der Waals surface area contributed by atoms with E-state index < -0.39 is 17.9 Å². The molecule has 0 spiro atoms. The van der Waals surface area contributed by atoms with Crippen LogP contribution >= 0.6 is 0 Å². The molecule has 1 aliphatic heterocycles. The van der Waals surface area contributed by atoms with Gasteiger partial charge in [0.1, 0.15) is 0 Å². The van der Waals surface area contributed by atoms with Crippen molar-refractivity contribution in [1.82, 2.24) is 10.6 Å². The van der Waals surface area contributed by atoms with Crippen molar-refractivity contribution in [3.63, 3.8) is 0 Å². The van der Waals surface area contributed by atoms with E-state index >= 15 is 0 Å². The molecule has 1 aliphatic rings. The molecule has 27 heavy (non-hydrogen) atoms. The van der Waals surface area contributed by atoms with Gasteiger partial charge >= 0.3 is 6.09 Å². The fourth-order valence-electron chi connectivity index (χ4n) is 3.09. The van der Waals surface area contributed by atoms with Gasteiger partial charge in [-0.15, -0.1) is 0 Å². The molecule has 0 radical (unpaired) electrons. The number of hydrogen-bond acceptors (Lipinski definition) is 5. The van der Waals surface area contributed by atoms with Crippen LogP contribution in [0.2, 0.25) is 0 Å². The first-order valence-electron chi connectivity index (χ1n) is 8.29. The minimum absolute atomic E-state index is 0.106. The third-order valence-corrected chi connectivity index (χ3v) is 4.35. The summed E-state index contributed by atoms with van der Waals surface area (Å²) in [6, 6.07) is 11.1. The summed E-state index contributed by atoms with van der Waals surface area (Å²) in [7, 11) is 1.53. The third-order valence-electron chi connectivity index (χ3n) is 4.35. The van der Waals surface area contributed by atoms with Gasteiger partial charge in [0.2, 0.25) is 0 Å². The number of nitriles is 2. The largest absolute Gasteiger partial charge is 0.465 e. The van der Waals surface area contributed by atoms with Gasteiger partial charge in [-0.25, -0.2) is 4.79 Å². The van der Waals surface area contributed by atoms with E-state index in [1.807, 2.05) is 0 Å². The highest BCUT2D eigenvalue weighted by Crippen LogP contribution is 2.39. The summed E-state index contributed by atoms with van der Waals surface area (Å²) < 4.78 is 0. The third kappa shape index (κ3) is 4.31. The molecule has 0 bridgehead atoms. The second-order valence-corrected chi connectivity index (χ2v) is 6.00. The summed E-state index contributed by atoms with van der Waals surface area (Å²) in [5.41, 5.74) is 2.41. The quantitative estimate of drug-likeness (QED) is 0.734. The summed E-state index contributed by atoms with van der Waals surface area (Å²) in [4.78, 5) is 27.0. The second-order valence-electron chi connectivity index (χ2n) is 6.00. The first kappa shape index (κ1) is 19.7. The van der Waals surface area contributed by atoms with E-state index in [2.05, 4.69) is 27.8 Å². The number of allylic oxidation sites excluding steroid dienone is 1. The Hall–Kier alpha value is -3.65. The van der Waals surface area contributed by atoms with Crippen LogP contribution in [0.25, 0.3) is 0 Å². The summed E-state index contributed by atoms with van der Waals surface area (Å²) in [5, 5.41) is 32.9. The zero-order chi connectivity index (χ0) is 20.0. The number of benzene rings is 1. The summed E-state index contributed by atoms with van der Waals surface area (Å²) in [6.07, 6.45) is -0.925. The van der Waals surface area contributed by atoms with Gasteiger partial charge in [0.15, 0.2) is 0 Å². The number of carbonyl (C=O) groups excluding carboxylic acids is 1.